The molecular formula is C21H35N2O4PS. The third kappa shape index (κ3) is 7.40. The van der Waals surface area contributed by atoms with Gasteiger partial charge >= 0.3 is 6.09 Å². The maximum Gasteiger partial charge on any atom is 0.416 e. The van der Waals surface area contributed by atoms with Crippen LogP contribution < -0.4 is 0 Å². The van der Waals surface area contributed by atoms with Gasteiger partial charge in [-0.3, -0.25) is 9.46 Å². The lowest BCUT2D eigenvalue weighted by Crippen LogP contribution is -2.41. The van der Waals surface area contributed by atoms with Crippen molar-refractivity contribution in [3.63, 3.8) is 0 Å². The molecule has 0 aromatic heterocycles. The Balaban J connectivity index is 3.24. The van der Waals surface area contributed by atoms with Crippen molar-refractivity contribution in [2.45, 2.75) is 66.4 Å². The minimum Gasteiger partial charge on any atom is -0.449 e. The van der Waals surface area contributed by atoms with Gasteiger partial charge in [-0.05, 0) is 51.5 Å². The standard InChI is InChI=1S/C21H35N2O4PS/c1-6-10-14-18(5)27-28(29,23(8-3)21(25)26-9-4)22(7-2)20(24)17-19-15-12-11-13-16-19/h11-13,15-16,18H,6-10,14,17H2,1-5H3. The van der Waals surface area contributed by atoms with Crippen molar-refractivity contribution in [2.24, 2.45) is 0 Å². The van der Waals surface area contributed by atoms with Crippen LogP contribution in [-0.4, -0.2) is 47.1 Å². The van der Waals surface area contributed by atoms with Gasteiger partial charge in [0.25, 0.3) is 6.57 Å². The minimum absolute atomic E-state index is 0.146. The molecule has 0 N–H and O–H groups in total. The SMILES string of the molecule is CCCCC(C)OP(=S)(N(CC)C(=O)Cc1ccccc1)N(CC)C(=O)OCC. The number of unbranched alkanes of at least 4 members (excludes halogenated alkanes) is 1. The monoisotopic (exact) mass is 442 g/mol. The molecule has 6 nitrogen and oxygen atoms in total. The number of amides is 2. The normalized spacial score (nSPS) is 14.0. The van der Waals surface area contributed by atoms with E-state index in [-0.39, 0.29) is 25.0 Å². The molecule has 1 aromatic rings. The first-order chi connectivity index (χ1) is 13.8. The van der Waals surface area contributed by atoms with Crippen molar-refractivity contribution < 1.29 is 18.8 Å². The summed E-state index contributed by atoms with van der Waals surface area (Å²) < 4.78 is 14.6. The molecule has 2 unspecified atom stereocenters. The highest BCUT2D eigenvalue weighted by molar-refractivity contribution is 8.10. The second-order valence-corrected chi connectivity index (χ2v) is 10.3. The fourth-order valence-electron chi connectivity index (χ4n) is 2.99. The van der Waals surface area contributed by atoms with Crippen LogP contribution in [0, 0.1) is 0 Å². The first-order valence-electron chi connectivity index (χ1n) is 10.4. The fourth-order valence-corrected chi connectivity index (χ4v) is 6.99. The Morgan fingerprint density at radius 3 is 2.21 bits per heavy atom. The molecule has 2 atom stereocenters. The quantitative estimate of drug-likeness (QED) is 0.407. The minimum atomic E-state index is -3.14. The van der Waals surface area contributed by atoms with Crippen LogP contribution in [0.2, 0.25) is 0 Å². The van der Waals surface area contributed by atoms with E-state index in [0.717, 1.165) is 24.8 Å². The first-order valence-corrected chi connectivity index (χ1v) is 13.0. The molecule has 29 heavy (non-hydrogen) atoms. The number of hydrogen-bond donors (Lipinski definition) is 0. The molecule has 0 aliphatic rings. The van der Waals surface area contributed by atoms with Crippen molar-refractivity contribution in [3.05, 3.63) is 35.9 Å². The molecule has 1 aromatic carbocycles. The van der Waals surface area contributed by atoms with Crippen LogP contribution in [0.25, 0.3) is 0 Å². The number of nitrogens with zero attached hydrogens (tertiary/aromatic N) is 2. The Labute approximate surface area is 180 Å². The van der Waals surface area contributed by atoms with Gasteiger partial charge in [0.2, 0.25) is 5.91 Å². The zero-order valence-electron chi connectivity index (χ0n) is 18.3. The Morgan fingerprint density at radius 1 is 1.07 bits per heavy atom. The van der Waals surface area contributed by atoms with Crippen molar-refractivity contribution >= 4 is 30.4 Å². The molecule has 0 aliphatic heterocycles. The maximum atomic E-state index is 13.2. The van der Waals surface area contributed by atoms with Crippen molar-refractivity contribution in [3.8, 4) is 0 Å². The Hall–Kier alpha value is -1.43. The molecule has 0 heterocycles. The van der Waals surface area contributed by atoms with E-state index in [9.17, 15) is 9.59 Å². The van der Waals surface area contributed by atoms with Gasteiger partial charge in [0.1, 0.15) is 0 Å². The lowest BCUT2D eigenvalue weighted by atomic mass is 10.1. The largest absolute Gasteiger partial charge is 0.449 e. The van der Waals surface area contributed by atoms with Crippen molar-refractivity contribution in [2.75, 3.05) is 19.7 Å². The van der Waals surface area contributed by atoms with Crippen LogP contribution in [0.4, 0.5) is 4.79 Å². The van der Waals surface area contributed by atoms with E-state index in [1.165, 1.54) is 4.67 Å². The average Bonchev–Trinajstić information content (AvgIpc) is 2.68. The molecule has 8 heteroatoms. The molecular weight excluding hydrogens is 407 g/mol. The van der Waals surface area contributed by atoms with Crippen LogP contribution >= 0.6 is 6.57 Å². The predicted molar refractivity (Wildman–Crippen MR) is 121 cm³/mol. The summed E-state index contributed by atoms with van der Waals surface area (Å²) >= 11 is 5.97. The Kier molecular flexibility index (Phi) is 11.5. The molecule has 0 saturated heterocycles. The lowest BCUT2D eigenvalue weighted by molar-refractivity contribution is -0.126. The average molecular weight is 443 g/mol. The Morgan fingerprint density at radius 2 is 1.69 bits per heavy atom. The third-order valence-corrected chi connectivity index (χ3v) is 8.70. The van der Waals surface area contributed by atoms with Gasteiger partial charge < -0.3 is 9.26 Å². The van der Waals surface area contributed by atoms with Gasteiger partial charge in [0.15, 0.2) is 0 Å². The summed E-state index contributed by atoms with van der Waals surface area (Å²) in [6, 6.07) is 9.52. The van der Waals surface area contributed by atoms with E-state index in [1.54, 1.807) is 11.6 Å². The van der Waals surface area contributed by atoms with Crippen molar-refractivity contribution in [1.29, 1.82) is 0 Å². The van der Waals surface area contributed by atoms with Gasteiger partial charge in [-0.15, -0.1) is 0 Å². The molecule has 2 amide bonds. The summed E-state index contributed by atoms with van der Waals surface area (Å²) in [5, 5.41) is 0. The molecule has 1 rings (SSSR count). The molecule has 0 radical (unpaired) electrons. The first kappa shape index (κ1) is 25.6. The summed E-state index contributed by atoms with van der Waals surface area (Å²) in [5.74, 6) is -0.146. The highest BCUT2D eigenvalue weighted by Crippen LogP contribution is 2.56. The summed E-state index contributed by atoms with van der Waals surface area (Å²) in [5.41, 5.74) is 0.899. The number of ether oxygens (including phenoxy) is 1. The third-order valence-electron chi connectivity index (χ3n) is 4.46. The van der Waals surface area contributed by atoms with Gasteiger partial charge in [0, 0.05) is 13.1 Å². The van der Waals surface area contributed by atoms with Crippen LogP contribution in [0.15, 0.2) is 30.3 Å². The fraction of sp³-hybridized carbons (Fsp3) is 0.619. The summed E-state index contributed by atoms with van der Waals surface area (Å²) in [6.07, 6.45) is 2.36. The number of likely N-dealkylation sites (N-methyl/N-ethyl adjacent to an activating group) is 1. The number of hydrogen-bond acceptors (Lipinski definition) is 5. The summed E-state index contributed by atoms with van der Waals surface area (Å²) in [7, 11) is 0. The van der Waals surface area contributed by atoms with Crippen LogP contribution in [0.1, 0.15) is 59.4 Å². The van der Waals surface area contributed by atoms with Gasteiger partial charge in [-0.1, -0.05) is 50.1 Å². The van der Waals surface area contributed by atoms with Gasteiger partial charge in [-0.25, -0.2) is 9.46 Å². The molecule has 164 valence electrons. The molecule has 0 bridgehead atoms. The maximum absolute atomic E-state index is 13.2. The number of rotatable bonds is 12. The summed E-state index contributed by atoms with van der Waals surface area (Å²) in [6.45, 7) is 7.27. The van der Waals surface area contributed by atoms with E-state index < -0.39 is 12.7 Å². The van der Waals surface area contributed by atoms with Crippen LogP contribution in [-0.2, 0) is 32.3 Å². The zero-order valence-corrected chi connectivity index (χ0v) is 20.0. The summed E-state index contributed by atoms with van der Waals surface area (Å²) in [4.78, 5) is 25.9. The Bertz CT molecular complexity index is 687. The van der Waals surface area contributed by atoms with E-state index in [0.29, 0.717) is 13.1 Å². The molecule has 0 fully saturated rings. The van der Waals surface area contributed by atoms with Gasteiger partial charge in [-0.2, -0.15) is 0 Å². The number of carbonyl (C=O) groups excluding carboxylic acids is 2. The smallest absolute Gasteiger partial charge is 0.416 e. The van der Waals surface area contributed by atoms with Crippen molar-refractivity contribution in [1.82, 2.24) is 9.34 Å². The highest BCUT2D eigenvalue weighted by atomic mass is 32.5. The van der Waals surface area contributed by atoms with Gasteiger partial charge in [0.05, 0.1) is 19.1 Å². The van der Waals surface area contributed by atoms with E-state index in [4.69, 9.17) is 21.1 Å². The number of carbonyl (C=O) groups is 2. The zero-order chi connectivity index (χ0) is 21.9. The molecule has 0 aliphatic carbocycles. The second kappa shape index (κ2) is 13.0. The topological polar surface area (TPSA) is 59.1 Å². The predicted octanol–water partition coefficient (Wildman–Crippen LogP) is 5.38. The van der Waals surface area contributed by atoms with E-state index in [2.05, 4.69) is 6.92 Å². The molecule has 0 saturated carbocycles. The lowest BCUT2D eigenvalue weighted by Gasteiger charge is -2.41. The van der Waals surface area contributed by atoms with E-state index in [1.807, 2.05) is 51.1 Å². The van der Waals surface area contributed by atoms with E-state index >= 15 is 0 Å². The van der Waals surface area contributed by atoms with Crippen LogP contribution in [0.5, 0.6) is 0 Å². The number of benzene rings is 1. The van der Waals surface area contributed by atoms with Crippen LogP contribution in [0.3, 0.4) is 0 Å². The second-order valence-electron chi connectivity index (χ2n) is 6.74. The highest BCUT2D eigenvalue weighted by Gasteiger charge is 2.40. The molecule has 0 spiro atoms.